The topological polar surface area (TPSA) is 32.3 Å². The second-order valence-corrected chi connectivity index (χ2v) is 5.19. The molecule has 2 nitrogen and oxygen atoms in total. The van der Waals surface area contributed by atoms with Gasteiger partial charge in [0.05, 0.1) is 11.7 Å². The van der Waals surface area contributed by atoms with Gasteiger partial charge in [0.2, 0.25) is 0 Å². The lowest BCUT2D eigenvalue weighted by molar-refractivity contribution is -0.137. The van der Waals surface area contributed by atoms with E-state index in [2.05, 4.69) is 5.32 Å². The Morgan fingerprint density at radius 1 is 1.15 bits per heavy atom. The van der Waals surface area contributed by atoms with Crippen LogP contribution < -0.4 is 5.32 Å². The van der Waals surface area contributed by atoms with Crippen LogP contribution in [0.2, 0.25) is 0 Å². The van der Waals surface area contributed by atoms with Crippen LogP contribution in [0.4, 0.5) is 17.6 Å². The fourth-order valence-electron chi connectivity index (χ4n) is 2.51. The first kappa shape index (κ1) is 15.3. The van der Waals surface area contributed by atoms with E-state index in [0.29, 0.717) is 12.5 Å². The summed E-state index contributed by atoms with van der Waals surface area (Å²) < 4.78 is 51.0. The van der Waals surface area contributed by atoms with Crippen LogP contribution >= 0.6 is 0 Å². The summed E-state index contributed by atoms with van der Waals surface area (Å²) >= 11 is 0. The Balaban J connectivity index is 2.04. The third-order valence-corrected chi connectivity index (χ3v) is 3.58. The average Bonchev–Trinajstić information content (AvgIpc) is 2.36. The molecule has 0 spiro atoms. The first-order valence-corrected chi connectivity index (χ1v) is 6.64. The summed E-state index contributed by atoms with van der Waals surface area (Å²) in [5.74, 6) is -0.902. The fraction of sp³-hybridized carbons (Fsp3) is 0.571. The highest BCUT2D eigenvalue weighted by atomic mass is 19.4. The molecule has 1 aromatic rings. The minimum absolute atomic E-state index is 0.114. The van der Waals surface area contributed by atoms with Crippen LogP contribution in [0.1, 0.15) is 36.8 Å². The van der Waals surface area contributed by atoms with Gasteiger partial charge in [-0.3, -0.25) is 0 Å². The molecular weight excluding hydrogens is 274 g/mol. The molecule has 2 rings (SSSR count). The quantitative estimate of drug-likeness (QED) is 0.838. The van der Waals surface area contributed by atoms with Gasteiger partial charge in [-0.1, -0.05) is 12.8 Å². The summed E-state index contributed by atoms with van der Waals surface area (Å²) in [5, 5.41) is 12.8. The smallest absolute Gasteiger partial charge is 0.392 e. The van der Waals surface area contributed by atoms with Crippen molar-refractivity contribution in [1.29, 1.82) is 0 Å². The van der Waals surface area contributed by atoms with Crippen molar-refractivity contribution in [1.82, 2.24) is 5.32 Å². The number of hydrogen-bond acceptors (Lipinski definition) is 2. The van der Waals surface area contributed by atoms with Gasteiger partial charge in [-0.15, -0.1) is 0 Å². The van der Waals surface area contributed by atoms with Crippen molar-refractivity contribution in [3.05, 3.63) is 35.1 Å². The van der Waals surface area contributed by atoms with E-state index in [1.54, 1.807) is 0 Å². The first-order chi connectivity index (χ1) is 9.36. The Hall–Kier alpha value is -1.14. The Kier molecular flexibility index (Phi) is 4.65. The zero-order chi connectivity index (χ0) is 14.8. The number of halogens is 4. The second-order valence-electron chi connectivity index (χ2n) is 5.19. The molecule has 0 radical (unpaired) electrons. The lowest BCUT2D eigenvalue weighted by Gasteiger charge is -2.28. The van der Waals surface area contributed by atoms with Crippen molar-refractivity contribution in [2.45, 2.75) is 50.6 Å². The zero-order valence-corrected chi connectivity index (χ0v) is 10.9. The van der Waals surface area contributed by atoms with E-state index in [1.807, 2.05) is 0 Å². The SMILES string of the molecule is OC1CCCCC1NCc1cc(F)cc(C(F)(F)F)c1. The highest BCUT2D eigenvalue weighted by Crippen LogP contribution is 2.30. The predicted molar refractivity (Wildman–Crippen MR) is 66.5 cm³/mol. The Labute approximate surface area is 114 Å². The maximum Gasteiger partial charge on any atom is 0.416 e. The maximum atomic E-state index is 13.2. The van der Waals surface area contributed by atoms with E-state index >= 15 is 0 Å². The monoisotopic (exact) mass is 291 g/mol. The van der Waals surface area contributed by atoms with Gasteiger partial charge >= 0.3 is 6.18 Å². The third kappa shape index (κ3) is 3.93. The molecule has 0 bridgehead atoms. The highest BCUT2D eigenvalue weighted by Gasteiger charge is 2.31. The van der Waals surface area contributed by atoms with Gasteiger partial charge in [0.25, 0.3) is 0 Å². The molecule has 1 aliphatic carbocycles. The van der Waals surface area contributed by atoms with E-state index in [9.17, 15) is 22.7 Å². The van der Waals surface area contributed by atoms with Crippen LogP contribution in [0.15, 0.2) is 18.2 Å². The predicted octanol–water partition coefficient (Wildman–Crippen LogP) is 3.24. The number of aliphatic hydroxyl groups excluding tert-OH is 1. The first-order valence-electron chi connectivity index (χ1n) is 6.64. The molecule has 0 heterocycles. The van der Waals surface area contributed by atoms with Gasteiger partial charge < -0.3 is 10.4 Å². The molecule has 2 unspecified atom stereocenters. The van der Waals surface area contributed by atoms with E-state index in [4.69, 9.17) is 0 Å². The lowest BCUT2D eigenvalue weighted by atomic mass is 9.92. The van der Waals surface area contributed by atoms with Gasteiger partial charge in [-0.25, -0.2) is 4.39 Å². The van der Waals surface area contributed by atoms with Gasteiger partial charge in [0.15, 0.2) is 0 Å². The molecule has 0 aromatic heterocycles. The number of nitrogens with one attached hydrogen (secondary N) is 1. The largest absolute Gasteiger partial charge is 0.416 e. The molecule has 0 aliphatic heterocycles. The van der Waals surface area contributed by atoms with Gasteiger partial charge in [-0.05, 0) is 36.6 Å². The highest BCUT2D eigenvalue weighted by molar-refractivity contribution is 5.26. The van der Waals surface area contributed by atoms with E-state index in [0.717, 1.165) is 31.4 Å². The third-order valence-electron chi connectivity index (χ3n) is 3.58. The molecule has 1 saturated carbocycles. The van der Waals surface area contributed by atoms with Crippen molar-refractivity contribution in [3.8, 4) is 0 Å². The molecule has 0 amide bonds. The summed E-state index contributed by atoms with van der Waals surface area (Å²) in [6.45, 7) is 0.114. The van der Waals surface area contributed by atoms with Crippen molar-refractivity contribution < 1.29 is 22.7 Å². The van der Waals surface area contributed by atoms with Gasteiger partial charge in [0.1, 0.15) is 5.82 Å². The van der Waals surface area contributed by atoms with Crippen LogP contribution in [0.25, 0.3) is 0 Å². The standard InChI is InChI=1S/C14H17F4NO/c15-11-6-9(5-10(7-11)14(16,17)18)8-19-12-3-1-2-4-13(12)20/h5-7,12-13,19-20H,1-4,8H2. The molecule has 1 fully saturated rings. The lowest BCUT2D eigenvalue weighted by Crippen LogP contribution is -2.41. The van der Waals surface area contributed by atoms with Crippen molar-refractivity contribution in [2.75, 3.05) is 0 Å². The van der Waals surface area contributed by atoms with Crippen LogP contribution in [0.3, 0.4) is 0 Å². The summed E-state index contributed by atoms with van der Waals surface area (Å²) in [6, 6.07) is 2.36. The summed E-state index contributed by atoms with van der Waals surface area (Å²) in [5.41, 5.74) is -0.756. The fourth-order valence-corrected chi connectivity index (χ4v) is 2.51. The molecule has 20 heavy (non-hydrogen) atoms. The molecule has 2 atom stereocenters. The molecule has 2 N–H and O–H groups in total. The van der Waals surface area contributed by atoms with Crippen molar-refractivity contribution in [3.63, 3.8) is 0 Å². The van der Waals surface area contributed by atoms with E-state index < -0.39 is 23.7 Å². The zero-order valence-electron chi connectivity index (χ0n) is 10.9. The van der Waals surface area contributed by atoms with Crippen LogP contribution in [0, 0.1) is 5.82 Å². The average molecular weight is 291 g/mol. The molecule has 1 aliphatic rings. The molecule has 1 aromatic carbocycles. The van der Waals surface area contributed by atoms with Crippen LogP contribution in [-0.2, 0) is 12.7 Å². The number of rotatable bonds is 3. The Morgan fingerprint density at radius 2 is 1.85 bits per heavy atom. The van der Waals surface area contributed by atoms with Crippen molar-refractivity contribution in [2.24, 2.45) is 0 Å². The van der Waals surface area contributed by atoms with Crippen LogP contribution in [-0.4, -0.2) is 17.3 Å². The van der Waals surface area contributed by atoms with Gasteiger partial charge in [-0.2, -0.15) is 13.2 Å². The molecule has 112 valence electrons. The Morgan fingerprint density at radius 3 is 2.50 bits per heavy atom. The minimum Gasteiger partial charge on any atom is -0.392 e. The van der Waals surface area contributed by atoms with Crippen LogP contribution in [0.5, 0.6) is 0 Å². The number of hydrogen-bond donors (Lipinski definition) is 2. The summed E-state index contributed by atoms with van der Waals surface area (Å²) in [4.78, 5) is 0. The maximum absolute atomic E-state index is 13.2. The normalized spacial score (nSPS) is 23.9. The number of benzene rings is 1. The molecule has 0 saturated heterocycles. The Bertz CT molecular complexity index is 461. The molecule has 6 heteroatoms. The van der Waals surface area contributed by atoms with Crippen molar-refractivity contribution >= 4 is 0 Å². The van der Waals surface area contributed by atoms with Gasteiger partial charge in [0, 0.05) is 12.6 Å². The minimum atomic E-state index is -4.55. The number of aliphatic hydroxyl groups is 1. The van der Waals surface area contributed by atoms with E-state index in [1.165, 1.54) is 0 Å². The van der Waals surface area contributed by atoms with E-state index in [-0.39, 0.29) is 18.2 Å². The second kappa shape index (κ2) is 6.10. The summed E-state index contributed by atoms with van der Waals surface area (Å²) in [7, 11) is 0. The molecular formula is C14H17F4NO. The summed E-state index contributed by atoms with van der Waals surface area (Å²) in [6.07, 6.45) is -1.64. The number of alkyl halides is 3.